The van der Waals surface area contributed by atoms with Crippen LogP contribution in [0.15, 0.2) is 0 Å². The molecule has 4 nitrogen and oxygen atoms in total. The van der Waals surface area contributed by atoms with Crippen LogP contribution in [-0.4, -0.2) is 46.3 Å². The zero-order chi connectivity index (χ0) is 10.6. The highest BCUT2D eigenvalue weighted by Crippen LogP contribution is 2.06. The van der Waals surface area contributed by atoms with E-state index in [-0.39, 0.29) is 11.9 Å². The maximum absolute atomic E-state index is 11.6. The van der Waals surface area contributed by atoms with E-state index in [9.17, 15) is 9.00 Å². The third-order valence-corrected chi connectivity index (χ3v) is 3.27. The molecular formula is C9H18N2O2S. The van der Waals surface area contributed by atoms with Gasteiger partial charge in [0.25, 0.3) is 0 Å². The van der Waals surface area contributed by atoms with Gasteiger partial charge in [0.05, 0.1) is 12.7 Å². The minimum Gasteiger partial charge on any atom is -0.329 e. The normalized spacial score (nSPS) is 24.3. The quantitative estimate of drug-likeness (QED) is 0.702. The van der Waals surface area contributed by atoms with E-state index in [0.717, 1.165) is 19.4 Å². The first-order valence-corrected chi connectivity index (χ1v) is 6.70. The number of amides is 1. The van der Waals surface area contributed by atoms with Crippen LogP contribution in [0.25, 0.3) is 0 Å². The highest BCUT2D eigenvalue weighted by atomic mass is 32.2. The summed E-state index contributed by atoms with van der Waals surface area (Å²) in [6.07, 6.45) is 3.36. The first-order chi connectivity index (χ1) is 6.65. The number of carbonyl (C=O) groups is 1. The van der Waals surface area contributed by atoms with Crippen LogP contribution in [0.3, 0.4) is 0 Å². The zero-order valence-electron chi connectivity index (χ0n) is 8.78. The number of hydrogen-bond donors (Lipinski definition) is 1. The molecule has 1 rings (SSSR count). The summed E-state index contributed by atoms with van der Waals surface area (Å²) in [5.74, 6) is 0.870. The lowest BCUT2D eigenvalue weighted by Crippen LogP contribution is -2.31. The van der Waals surface area contributed by atoms with E-state index in [4.69, 9.17) is 0 Å². The summed E-state index contributed by atoms with van der Waals surface area (Å²) in [7, 11) is -0.746. The summed E-state index contributed by atoms with van der Waals surface area (Å²) < 4.78 is 10.8. The fourth-order valence-corrected chi connectivity index (χ4v) is 2.11. The summed E-state index contributed by atoms with van der Waals surface area (Å²) >= 11 is 0. The molecule has 0 radical (unpaired) electrons. The van der Waals surface area contributed by atoms with Crippen molar-refractivity contribution in [3.63, 3.8) is 0 Å². The molecule has 1 aliphatic rings. The molecule has 0 saturated carbocycles. The van der Waals surface area contributed by atoms with Gasteiger partial charge in [-0.1, -0.05) is 6.92 Å². The van der Waals surface area contributed by atoms with Gasteiger partial charge in [0, 0.05) is 29.4 Å². The maximum Gasteiger partial charge on any atom is 0.240 e. The lowest BCUT2D eigenvalue weighted by Gasteiger charge is -2.14. The first kappa shape index (κ1) is 11.7. The number of hydrogen-bond acceptors (Lipinski definition) is 3. The van der Waals surface area contributed by atoms with Crippen LogP contribution in [0.2, 0.25) is 0 Å². The second-order valence-electron chi connectivity index (χ2n) is 3.56. The Kier molecular flexibility index (Phi) is 4.54. The van der Waals surface area contributed by atoms with Gasteiger partial charge in [-0.15, -0.1) is 0 Å². The molecule has 0 aromatic rings. The molecule has 0 aromatic carbocycles. The number of nitrogens with one attached hydrogen (secondary N) is 1. The minimum absolute atomic E-state index is 0.00197. The highest BCUT2D eigenvalue weighted by molar-refractivity contribution is 7.84. The van der Waals surface area contributed by atoms with Gasteiger partial charge >= 0.3 is 0 Å². The van der Waals surface area contributed by atoms with Gasteiger partial charge in [-0.25, -0.2) is 0 Å². The molecule has 1 fully saturated rings. The van der Waals surface area contributed by atoms with Gasteiger partial charge < -0.3 is 4.90 Å². The summed E-state index contributed by atoms with van der Waals surface area (Å²) in [6, 6.07) is 0.00197. The predicted molar refractivity (Wildman–Crippen MR) is 57.3 cm³/mol. The third kappa shape index (κ3) is 3.06. The van der Waals surface area contributed by atoms with E-state index < -0.39 is 10.8 Å². The molecule has 1 aliphatic heterocycles. The molecule has 1 N–H and O–H groups in total. The first-order valence-electron chi connectivity index (χ1n) is 4.97. The number of carbonyl (C=O) groups excluding carboxylic acids is 1. The van der Waals surface area contributed by atoms with Crippen molar-refractivity contribution >= 4 is 16.7 Å². The average molecular weight is 218 g/mol. The van der Waals surface area contributed by atoms with Crippen LogP contribution in [0, 0.1) is 0 Å². The lowest BCUT2D eigenvalue weighted by molar-refractivity contribution is -0.128. The van der Waals surface area contributed by atoms with Gasteiger partial charge in [-0.05, 0) is 12.8 Å². The van der Waals surface area contributed by atoms with Gasteiger partial charge in [-0.3, -0.25) is 14.3 Å². The van der Waals surface area contributed by atoms with Crippen molar-refractivity contribution in [2.75, 3.05) is 25.2 Å². The maximum atomic E-state index is 11.6. The summed E-state index contributed by atoms with van der Waals surface area (Å²) in [5.41, 5.74) is 0. The molecule has 82 valence electrons. The summed E-state index contributed by atoms with van der Waals surface area (Å²) in [6.45, 7) is 3.37. The second-order valence-corrected chi connectivity index (χ2v) is 5.11. The largest absolute Gasteiger partial charge is 0.329 e. The van der Waals surface area contributed by atoms with Crippen molar-refractivity contribution in [1.29, 1.82) is 0 Å². The van der Waals surface area contributed by atoms with E-state index in [1.165, 1.54) is 0 Å². The average Bonchev–Trinajstić information content (AvgIpc) is 2.47. The third-order valence-electron chi connectivity index (χ3n) is 2.41. The van der Waals surface area contributed by atoms with Crippen LogP contribution in [0.5, 0.6) is 0 Å². The molecule has 0 aliphatic carbocycles. The molecule has 0 spiro atoms. The lowest BCUT2D eigenvalue weighted by atomic mass is 10.2. The van der Waals surface area contributed by atoms with Gasteiger partial charge in [0.2, 0.25) is 5.91 Å². The molecule has 2 unspecified atom stereocenters. The molecule has 1 saturated heterocycles. The van der Waals surface area contributed by atoms with Gasteiger partial charge in [0.15, 0.2) is 0 Å². The van der Waals surface area contributed by atoms with Crippen LogP contribution >= 0.6 is 0 Å². The predicted octanol–water partition coefficient (Wildman–Crippen LogP) is -0.0771. The minimum atomic E-state index is -0.746. The molecule has 14 heavy (non-hydrogen) atoms. The Balaban J connectivity index is 2.26. The summed E-state index contributed by atoms with van der Waals surface area (Å²) in [5, 5.41) is 3.14. The van der Waals surface area contributed by atoms with E-state index >= 15 is 0 Å². The van der Waals surface area contributed by atoms with Crippen LogP contribution in [0.1, 0.15) is 19.8 Å². The molecular weight excluding hydrogens is 200 g/mol. The van der Waals surface area contributed by atoms with E-state index in [1.54, 1.807) is 11.2 Å². The highest BCUT2D eigenvalue weighted by Gasteiger charge is 2.28. The second kappa shape index (κ2) is 5.46. The summed E-state index contributed by atoms with van der Waals surface area (Å²) in [4.78, 5) is 13.4. The molecule has 1 heterocycles. The smallest absolute Gasteiger partial charge is 0.240 e. The van der Waals surface area contributed by atoms with Crippen LogP contribution in [-0.2, 0) is 15.6 Å². The standard InChI is InChI=1S/C9H18N2O2S/c1-3-8-9(12)11(7-10-8)5-4-6-14(2)13/h8,10H,3-7H2,1-2H3. The Bertz CT molecular complexity index is 233. The number of rotatable bonds is 5. The van der Waals surface area contributed by atoms with Crippen LogP contribution < -0.4 is 5.32 Å². The molecule has 0 bridgehead atoms. The SMILES string of the molecule is CCC1NCN(CCCS(C)=O)C1=O. The van der Waals surface area contributed by atoms with Crippen molar-refractivity contribution in [2.45, 2.75) is 25.8 Å². The molecule has 0 aromatic heterocycles. The Morgan fingerprint density at radius 3 is 2.86 bits per heavy atom. The van der Waals surface area contributed by atoms with Crippen molar-refractivity contribution in [2.24, 2.45) is 0 Å². The molecule has 2 atom stereocenters. The zero-order valence-corrected chi connectivity index (χ0v) is 9.60. The number of nitrogens with zero attached hydrogens (tertiary/aromatic N) is 1. The van der Waals surface area contributed by atoms with Crippen molar-refractivity contribution in [3.8, 4) is 0 Å². The Morgan fingerprint density at radius 2 is 2.36 bits per heavy atom. The Labute approximate surface area is 87.5 Å². The van der Waals surface area contributed by atoms with Crippen molar-refractivity contribution in [1.82, 2.24) is 10.2 Å². The Morgan fingerprint density at radius 1 is 1.64 bits per heavy atom. The topological polar surface area (TPSA) is 49.4 Å². The fourth-order valence-electron chi connectivity index (χ4n) is 1.57. The Hall–Kier alpha value is -0.420. The van der Waals surface area contributed by atoms with Crippen molar-refractivity contribution in [3.05, 3.63) is 0 Å². The monoisotopic (exact) mass is 218 g/mol. The van der Waals surface area contributed by atoms with E-state index in [2.05, 4.69) is 5.32 Å². The van der Waals surface area contributed by atoms with Gasteiger partial charge in [-0.2, -0.15) is 0 Å². The van der Waals surface area contributed by atoms with Crippen LogP contribution in [0.4, 0.5) is 0 Å². The van der Waals surface area contributed by atoms with E-state index in [0.29, 0.717) is 12.4 Å². The van der Waals surface area contributed by atoms with Gasteiger partial charge in [0.1, 0.15) is 0 Å². The van der Waals surface area contributed by atoms with E-state index in [1.807, 2.05) is 6.92 Å². The van der Waals surface area contributed by atoms with Crippen molar-refractivity contribution < 1.29 is 9.00 Å². The molecule has 5 heteroatoms. The fraction of sp³-hybridized carbons (Fsp3) is 0.889. The molecule has 1 amide bonds.